The highest BCUT2D eigenvalue weighted by Crippen LogP contribution is 2.37. The standard InChI is InChI=1S/C24H26N2O3/c1-17(27)25-21-12-10-19(11-13-21)20-14-22-8-5-9-23(15-20)26(22)24(28)29-16-18-6-3-2-4-7-18/h2-4,6-7,10-14,22-23H,5,8-9,15-16H2,1H3,(H,25,27). The molecule has 1 saturated heterocycles. The van der Waals surface area contributed by atoms with Crippen molar-refractivity contribution in [2.45, 2.75) is 51.3 Å². The summed E-state index contributed by atoms with van der Waals surface area (Å²) in [6, 6.07) is 18.0. The summed E-state index contributed by atoms with van der Waals surface area (Å²) in [7, 11) is 0. The number of nitrogens with zero attached hydrogens (tertiary/aromatic N) is 1. The Kier molecular flexibility index (Phi) is 5.65. The summed E-state index contributed by atoms with van der Waals surface area (Å²) in [6.07, 6.45) is 5.91. The molecule has 2 aliphatic rings. The molecule has 5 heteroatoms. The largest absolute Gasteiger partial charge is 0.445 e. The molecule has 2 bridgehead atoms. The predicted octanol–water partition coefficient (Wildman–Crippen LogP) is 4.99. The number of nitrogens with one attached hydrogen (secondary N) is 1. The molecule has 2 amide bonds. The van der Waals surface area contributed by atoms with Crippen LogP contribution in [0.3, 0.4) is 0 Å². The lowest BCUT2D eigenvalue weighted by atomic mass is 9.83. The van der Waals surface area contributed by atoms with Gasteiger partial charge in [-0.05, 0) is 54.5 Å². The summed E-state index contributed by atoms with van der Waals surface area (Å²) >= 11 is 0. The number of ether oxygens (including phenoxy) is 1. The van der Waals surface area contributed by atoms with Gasteiger partial charge < -0.3 is 10.1 Å². The van der Waals surface area contributed by atoms with E-state index in [-0.39, 0.29) is 24.1 Å². The van der Waals surface area contributed by atoms with Gasteiger partial charge in [-0.25, -0.2) is 4.79 Å². The Morgan fingerprint density at radius 3 is 2.52 bits per heavy atom. The lowest BCUT2D eigenvalue weighted by Gasteiger charge is -2.44. The summed E-state index contributed by atoms with van der Waals surface area (Å²) in [5.74, 6) is -0.0752. The van der Waals surface area contributed by atoms with Crippen LogP contribution >= 0.6 is 0 Å². The van der Waals surface area contributed by atoms with Crippen molar-refractivity contribution >= 4 is 23.3 Å². The molecule has 1 N–H and O–H groups in total. The summed E-state index contributed by atoms with van der Waals surface area (Å²) < 4.78 is 5.62. The predicted molar refractivity (Wildman–Crippen MR) is 113 cm³/mol. The van der Waals surface area contributed by atoms with Gasteiger partial charge in [-0.2, -0.15) is 0 Å². The molecule has 150 valence electrons. The summed E-state index contributed by atoms with van der Waals surface area (Å²) in [5.41, 5.74) is 4.21. The maximum atomic E-state index is 12.8. The number of anilines is 1. The Morgan fingerprint density at radius 1 is 1.07 bits per heavy atom. The van der Waals surface area contributed by atoms with Gasteiger partial charge >= 0.3 is 6.09 Å². The highest BCUT2D eigenvalue weighted by molar-refractivity contribution is 5.89. The van der Waals surface area contributed by atoms with Crippen LogP contribution in [-0.2, 0) is 16.1 Å². The molecule has 4 rings (SSSR count). The highest BCUT2D eigenvalue weighted by atomic mass is 16.6. The zero-order chi connectivity index (χ0) is 20.2. The number of fused-ring (bicyclic) bond motifs is 2. The molecule has 0 aromatic heterocycles. The van der Waals surface area contributed by atoms with Crippen molar-refractivity contribution in [1.82, 2.24) is 4.90 Å². The van der Waals surface area contributed by atoms with E-state index >= 15 is 0 Å². The fourth-order valence-electron chi connectivity index (χ4n) is 4.29. The molecule has 2 heterocycles. The van der Waals surface area contributed by atoms with Gasteiger partial charge in [-0.3, -0.25) is 9.69 Å². The molecule has 5 nitrogen and oxygen atoms in total. The van der Waals surface area contributed by atoms with E-state index in [1.165, 1.54) is 12.5 Å². The first-order chi connectivity index (χ1) is 14.1. The van der Waals surface area contributed by atoms with Crippen molar-refractivity contribution < 1.29 is 14.3 Å². The molecule has 1 fully saturated rings. The molecule has 2 atom stereocenters. The fourth-order valence-corrected chi connectivity index (χ4v) is 4.29. The SMILES string of the molecule is CC(=O)Nc1ccc(C2=CC3CCCC(C2)N3C(=O)OCc2ccccc2)cc1. The normalized spacial score (nSPS) is 20.6. The molecular formula is C24H26N2O3. The van der Waals surface area contributed by atoms with Gasteiger partial charge in [0.05, 0.1) is 6.04 Å². The van der Waals surface area contributed by atoms with Crippen molar-refractivity contribution in [3.8, 4) is 0 Å². The van der Waals surface area contributed by atoms with Crippen LogP contribution in [0, 0.1) is 0 Å². The molecule has 0 spiro atoms. The van der Waals surface area contributed by atoms with Gasteiger partial charge in [-0.15, -0.1) is 0 Å². The minimum absolute atomic E-state index is 0.0752. The van der Waals surface area contributed by atoms with Crippen LogP contribution in [0.4, 0.5) is 10.5 Å². The molecule has 2 unspecified atom stereocenters. The van der Waals surface area contributed by atoms with Gasteiger partial charge in [0.25, 0.3) is 0 Å². The first-order valence-electron chi connectivity index (χ1n) is 10.2. The minimum atomic E-state index is -0.222. The van der Waals surface area contributed by atoms with E-state index in [2.05, 4.69) is 11.4 Å². The van der Waals surface area contributed by atoms with Crippen LogP contribution < -0.4 is 5.32 Å². The number of benzene rings is 2. The second-order valence-electron chi connectivity index (χ2n) is 7.75. The summed E-state index contributed by atoms with van der Waals surface area (Å²) in [4.78, 5) is 25.9. The first kappa shape index (κ1) is 19.2. The van der Waals surface area contributed by atoms with E-state index in [4.69, 9.17) is 4.74 Å². The summed E-state index contributed by atoms with van der Waals surface area (Å²) in [6.45, 7) is 1.81. The Morgan fingerprint density at radius 2 is 1.83 bits per heavy atom. The topological polar surface area (TPSA) is 58.6 Å². The monoisotopic (exact) mass is 390 g/mol. The second-order valence-corrected chi connectivity index (χ2v) is 7.75. The smallest absolute Gasteiger partial charge is 0.410 e. The van der Waals surface area contributed by atoms with Crippen molar-refractivity contribution in [1.29, 1.82) is 0 Å². The molecule has 2 aromatic rings. The average Bonchev–Trinajstić information content (AvgIpc) is 2.72. The van der Waals surface area contributed by atoms with Gasteiger partial charge in [0.15, 0.2) is 0 Å². The first-order valence-corrected chi connectivity index (χ1v) is 10.2. The van der Waals surface area contributed by atoms with Crippen LogP contribution in [0.1, 0.15) is 43.7 Å². The van der Waals surface area contributed by atoms with Gasteiger partial charge in [0, 0.05) is 18.7 Å². The number of carbonyl (C=O) groups is 2. The minimum Gasteiger partial charge on any atom is -0.445 e. The Hall–Kier alpha value is -3.08. The number of hydrogen-bond acceptors (Lipinski definition) is 3. The zero-order valence-corrected chi connectivity index (χ0v) is 16.6. The molecular weight excluding hydrogens is 364 g/mol. The van der Waals surface area contributed by atoms with Gasteiger partial charge in [-0.1, -0.05) is 48.5 Å². The van der Waals surface area contributed by atoms with Crippen LogP contribution in [0.5, 0.6) is 0 Å². The number of carbonyl (C=O) groups excluding carboxylic acids is 2. The van der Waals surface area contributed by atoms with Crippen molar-refractivity contribution in [3.63, 3.8) is 0 Å². The number of rotatable bonds is 4. The van der Waals surface area contributed by atoms with Crippen LogP contribution in [0.25, 0.3) is 5.57 Å². The molecule has 29 heavy (non-hydrogen) atoms. The average molecular weight is 390 g/mol. The lowest BCUT2D eigenvalue weighted by molar-refractivity contribution is -0.114. The number of hydrogen-bond donors (Lipinski definition) is 1. The van der Waals surface area contributed by atoms with E-state index in [1.54, 1.807) is 0 Å². The third kappa shape index (κ3) is 4.50. The quantitative estimate of drug-likeness (QED) is 0.800. The maximum absolute atomic E-state index is 12.8. The van der Waals surface area contributed by atoms with Crippen molar-refractivity contribution in [2.24, 2.45) is 0 Å². The lowest BCUT2D eigenvalue weighted by Crippen LogP contribution is -2.51. The van der Waals surface area contributed by atoms with Crippen LogP contribution in [0.15, 0.2) is 60.7 Å². The molecule has 0 radical (unpaired) electrons. The Labute approximate surface area is 171 Å². The molecule has 2 aliphatic heterocycles. The summed E-state index contributed by atoms with van der Waals surface area (Å²) in [5, 5.41) is 2.80. The fraction of sp³-hybridized carbons (Fsp3) is 0.333. The third-order valence-electron chi connectivity index (χ3n) is 5.63. The van der Waals surface area contributed by atoms with E-state index in [0.717, 1.165) is 42.5 Å². The third-order valence-corrected chi connectivity index (χ3v) is 5.63. The van der Waals surface area contributed by atoms with Gasteiger partial charge in [0.2, 0.25) is 5.91 Å². The molecule has 2 aromatic carbocycles. The zero-order valence-electron chi connectivity index (χ0n) is 16.6. The second kappa shape index (κ2) is 8.52. The molecule has 0 saturated carbocycles. The maximum Gasteiger partial charge on any atom is 0.410 e. The van der Waals surface area contributed by atoms with Gasteiger partial charge in [0.1, 0.15) is 6.61 Å². The van der Waals surface area contributed by atoms with Crippen LogP contribution in [0.2, 0.25) is 0 Å². The van der Waals surface area contributed by atoms with Crippen molar-refractivity contribution in [2.75, 3.05) is 5.32 Å². The molecule has 0 aliphatic carbocycles. The van der Waals surface area contributed by atoms with Crippen LogP contribution in [-0.4, -0.2) is 29.0 Å². The van der Waals surface area contributed by atoms with E-state index in [1.807, 2.05) is 59.5 Å². The van der Waals surface area contributed by atoms with E-state index < -0.39 is 0 Å². The number of amides is 2. The van der Waals surface area contributed by atoms with E-state index in [0.29, 0.717) is 6.61 Å². The Balaban J connectivity index is 1.46. The Bertz CT molecular complexity index is 905. The number of piperidine rings is 1. The van der Waals surface area contributed by atoms with Crippen molar-refractivity contribution in [3.05, 3.63) is 71.8 Å². The highest BCUT2D eigenvalue weighted by Gasteiger charge is 2.38. The van der Waals surface area contributed by atoms with E-state index in [9.17, 15) is 9.59 Å².